The molecule has 0 spiro atoms. The highest BCUT2D eigenvalue weighted by molar-refractivity contribution is 5.96. The molecule has 1 fully saturated rings. The molecule has 3 heterocycles. The van der Waals surface area contributed by atoms with E-state index >= 15 is 0 Å². The summed E-state index contributed by atoms with van der Waals surface area (Å²) in [6.07, 6.45) is 2.54. The molecule has 3 aliphatic heterocycles. The molecular formula is C17H19NO4. The van der Waals surface area contributed by atoms with Crippen LogP contribution in [0.1, 0.15) is 37.3 Å². The molecule has 4 rings (SSSR count). The zero-order valence-electron chi connectivity index (χ0n) is 12.7. The van der Waals surface area contributed by atoms with Gasteiger partial charge in [-0.15, -0.1) is 0 Å². The second-order valence-electron chi connectivity index (χ2n) is 6.37. The highest BCUT2D eigenvalue weighted by atomic mass is 16.7. The Morgan fingerprint density at radius 2 is 2.00 bits per heavy atom. The van der Waals surface area contributed by atoms with E-state index in [-0.39, 0.29) is 24.8 Å². The summed E-state index contributed by atoms with van der Waals surface area (Å²) in [6, 6.07) is 3.91. The lowest BCUT2D eigenvalue weighted by Crippen LogP contribution is -2.59. The van der Waals surface area contributed by atoms with Gasteiger partial charge in [-0.3, -0.25) is 14.5 Å². The maximum absolute atomic E-state index is 12.9. The third kappa shape index (κ3) is 1.81. The highest BCUT2D eigenvalue weighted by Gasteiger charge is 2.51. The van der Waals surface area contributed by atoms with Crippen molar-refractivity contribution in [1.82, 2.24) is 4.90 Å². The normalized spacial score (nSPS) is 26.5. The van der Waals surface area contributed by atoms with Crippen LogP contribution in [-0.4, -0.2) is 36.3 Å². The van der Waals surface area contributed by atoms with Crippen LogP contribution in [0.3, 0.4) is 0 Å². The van der Waals surface area contributed by atoms with E-state index in [1.165, 1.54) is 0 Å². The van der Waals surface area contributed by atoms with Crippen molar-refractivity contribution >= 4 is 11.6 Å². The molecule has 5 nitrogen and oxygen atoms in total. The Labute approximate surface area is 129 Å². The first-order chi connectivity index (χ1) is 10.6. The molecule has 0 saturated carbocycles. The fourth-order valence-electron chi connectivity index (χ4n) is 4.12. The number of benzene rings is 1. The number of carbonyl (C=O) groups is 2. The molecule has 1 unspecified atom stereocenters. The number of hydrogen-bond acceptors (Lipinski definition) is 5. The summed E-state index contributed by atoms with van der Waals surface area (Å²) in [5, 5.41) is 0. The average molecular weight is 301 g/mol. The van der Waals surface area contributed by atoms with E-state index in [4.69, 9.17) is 9.47 Å². The molecule has 1 saturated heterocycles. The van der Waals surface area contributed by atoms with Crippen LogP contribution in [0.5, 0.6) is 11.5 Å². The maximum Gasteiger partial charge on any atom is 0.231 e. The first-order valence-electron chi connectivity index (χ1n) is 7.82. The van der Waals surface area contributed by atoms with Gasteiger partial charge in [0.2, 0.25) is 6.79 Å². The Morgan fingerprint density at radius 1 is 1.23 bits per heavy atom. The van der Waals surface area contributed by atoms with E-state index in [0.29, 0.717) is 12.2 Å². The molecule has 22 heavy (non-hydrogen) atoms. The number of ether oxygens (including phenoxy) is 2. The zero-order valence-corrected chi connectivity index (χ0v) is 12.7. The van der Waals surface area contributed by atoms with Gasteiger partial charge in [0, 0.05) is 19.4 Å². The zero-order chi connectivity index (χ0) is 15.3. The van der Waals surface area contributed by atoms with Crippen LogP contribution in [0.2, 0.25) is 0 Å². The Bertz CT molecular complexity index is 669. The lowest BCUT2D eigenvalue weighted by atomic mass is 9.71. The van der Waals surface area contributed by atoms with Gasteiger partial charge >= 0.3 is 0 Å². The predicted molar refractivity (Wildman–Crippen MR) is 79.1 cm³/mol. The largest absolute Gasteiger partial charge is 0.454 e. The van der Waals surface area contributed by atoms with Gasteiger partial charge < -0.3 is 9.47 Å². The lowest BCUT2D eigenvalue weighted by Gasteiger charge is -2.49. The molecule has 0 aromatic heterocycles. The van der Waals surface area contributed by atoms with Crippen molar-refractivity contribution in [2.24, 2.45) is 0 Å². The minimum atomic E-state index is -0.793. The summed E-state index contributed by atoms with van der Waals surface area (Å²) in [5.74, 6) is 1.63. The van der Waals surface area contributed by atoms with Crippen LogP contribution in [0.15, 0.2) is 12.1 Å². The van der Waals surface area contributed by atoms with E-state index in [0.717, 1.165) is 42.8 Å². The molecule has 116 valence electrons. The number of rotatable bonds is 2. The molecule has 1 atom stereocenters. The summed E-state index contributed by atoms with van der Waals surface area (Å²) in [7, 11) is 0. The minimum absolute atomic E-state index is 0.0470. The summed E-state index contributed by atoms with van der Waals surface area (Å²) >= 11 is 0. The minimum Gasteiger partial charge on any atom is -0.454 e. The van der Waals surface area contributed by atoms with Gasteiger partial charge in [0.1, 0.15) is 11.3 Å². The molecule has 0 N–H and O–H groups in total. The molecular weight excluding hydrogens is 282 g/mol. The number of ketones is 2. The van der Waals surface area contributed by atoms with Gasteiger partial charge in [0.25, 0.3) is 0 Å². The molecule has 0 aliphatic carbocycles. The third-order valence-corrected chi connectivity index (χ3v) is 5.03. The summed E-state index contributed by atoms with van der Waals surface area (Å²) in [4.78, 5) is 27.0. The van der Waals surface area contributed by atoms with Crippen LogP contribution in [0, 0.1) is 0 Å². The van der Waals surface area contributed by atoms with Crippen molar-refractivity contribution in [3.63, 3.8) is 0 Å². The van der Waals surface area contributed by atoms with Gasteiger partial charge in [0.15, 0.2) is 17.3 Å². The second-order valence-corrected chi connectivity index (χ2v) is 6.37. The van der Waals surface area contributed by atoms with Crippen LogP contribution in [0.4, 0.5) is 0 Å². The molecule has 5 heteroatoms. The van der Waals surface area contributed by atoms with Crippen LogP contribution < -0.4 is 9.47 Å². The fourth-order valence-corrected chi connectivity index (χ4v) is 4.12. The smallest absolute Gasteiger partial charge is 0.231 e. The Kier molecular flexibility index (Phi) is 3.01. The van der Waals surface area contributed by atoms with Crippen molar-refractivity contribution < 1.29 is 19.1 Å². The number of nitrogens with zero attached hydrogens (tertiary/aromatic N) is 1. The van der Waals surface area contributed by atoms with E-state index in [9.17, 15) is 9.59 Å². The first-order valence-corrected chi connectivity index (χ1v) is 7.82. The van der Waals surface area contributed by atoms with Crippen LogP contribution in [-0.2, 0) is 21.5 Å². The van der Waals surface area contributed by atoms with Gasteiger partial charge in [0.05, 0.1) is 0 Å². The topological polar surface area (TPSA) is 55.8 Å². The van der Waals surface area contributed by atoms with Gasteiger partial charge in [-0.25, -0.2) is 0 Å². The quantitative estimate of drug-likeness (QED) is 0.834. The van der Waals surface area contributed by atoms with Gasteiger partial charge in [-0.05, 0) is 49.6 Å². The first kappa shape index (κ1) is 13.8. The molecule has 0 radical (unpaired) electrons. The Morgan fingerprint density at radius 3 is 2.77 bits per heavy atom. The second kappa shape index (κ2) is 4.81. The SMILES string of the molecule is CC(=O)CC12C(=O)CCCN1CCc1cc3c(cc12)OCO3. The standard InChI is InChI=1S/C17H19NO4/c1-11(19)9-17-13-8-15-14(21-10-22-15)7-12(13)4-6-18(17)5-2-3-16(17)20/h7-8H,2-6,9-10H2,1H3. The van der Waals surface area contributed by atoms with E-state index in [1.54, 1.807) is 6.92 Å². The molecule has 0 bridgehead atoms. The number of hydrogen-bond donors (Lipinski definition) is 0. The number of Topliss-reactive ketones (excluding diaryl/α,β-unsaturated/α-hetero) is 2. The molecule has 1 aromatic carbocycles. The predicted octanol–water partition coefficient (Wildman–Crippen LogP) is 1.81. The summed E-state index contributed by atoms with van der Waals surface area (Å²) in [5.41, 5.74) is 1.26. The average Bonchev–Trinajstić information content (AvgIpc) is 2.93. The van der Waals surface area contributed by atoms with Crippen LogP contribution >= 0.6 is 0 Å². The van der Waals surface area contributed by atoms with Crippen molar-refractivity contribution in [3.8, 4) is 11.5 Å². The number of fused-ring (bicyclic) bond motifs is 4. The summed E-state index contributed by atoms with van der Waals surface area (Å²) in [6.45, 7) is 3.46. The molecule has 0 amide bonds. The summed E-state index contributed by atoms with van der Waals surface area (Å²) < 4.78 is 10.9. The van der Waals surface area contributed by atoms with Crippen LogP contribution in [0.25, 0.3) is 0 Å². The number of carbonyl (C=O) groups excluding carboxylic acids is 2. The highest BCUT2D eigenvalue weighted by Crippen LogP contribution is 2.47. The lowest BCUT2D eigenvalue weighted by molar-refractivity contribution is -0.141. The molecule has 3 aliphatic rings. The maximum atomic E-state index is 12.9. The monoisotopic (exact) mass is 301 g/mol. The van der Waals surface area contributed by atoms with Gasteiger partial charge in [-0.1, -0.05) is 0 Å². The van der Waals surface area contributed by atoms with E-state index < -0.39 is 5.54 Å². The van der Waals surface area contributed by atoms with Crippen molar-refractivity contribution in [3.05, 3.63) is 23.3 Å². The Hall–Kier alpha value is -1.88. The van der Waals surface area contributed by atoms with E-state index in [1.807, 2.05) is 12.1 Å². The molecule has 1 aromatic rings. The van der Waals surface area contributed by atoms with Crippen molar-refractivity contribution in [2.45, 2.75) is 38.1 Å². The fraction of sp³-hybridized carbons (Fsp3) is 0.529. The Balaban J connectivity index is 1.92. The van der Waals surface area contributed by atoms with Crippen molar-refractivity contribution in [1.29, 1.82) is 0 Å². The van der Waals surface area contributed by atoms with Gasteiger partial charge in [-0.2, -0.15) is 0 Å². The van der Waals surface area contributed by atoms with E-state index in [2.05, 4.69) is 4.90 Å². The number of piperidine rings is 1. The third-order valence-electron chi connectivity index (χ3n) is 5.03. The van der Waals surface area contributed by atoms with Crippen molar-refractivity contribution in [2.75, 3.05) is 19.9 Å².